The number of aliphatic hydroxyl groups is 1. The topological polar surface area (TPSA) is 211 Å². The zero-order chi connectivity index (χ0) is 65.4. The summed E-state index contributed by atoms with van der Waals surface area (Å²) in [5, 5.41) is 82.3. The number of aliphatic hydroxyl groups excluding tert-OH is 1. The minimum Gasteiger partial charge on any atom is -0.507 e. The maximum atomic E-state index is 13.3. The molecule has 13 heteroatoms. The van der Waals surface area contributed by atoms with Crippen LogP contribution in [0.25, 0.3) is 22.9 Å². The fourth-order valence-corrected chi connectivity index (χ4v) is 24.8. The third kappa shape index (κ3) is 9.78. The van der Waals surface area contributed by atoms with Crippen molar-refractivity contribution in [2.75, 3.05) is 19.7 Å². The number of benzene rings is 5. The molecule has 7 aliphatic carbocycles. The number of hydrogen-bond donors (Lipinski definition) is 11. The SMILES string of the molecule is Oc1ccc(/C=C/c2c(CCc3ccc([C@@H]4C[C@@]5(C[C@@H]6N[C@H](C5)[C@@H](c5ccccc5)C=C6CNCCc5c[nH]c6c5CC[C@@H]5[C@@H](CCOC57CCCC7)C6)[C@H]5C[C@H]6CCC[C@@]67CC[C@@]68CCC[C@@H]6C=C[C@@H](O)[C@@H]8[C@@]7(c6cnc[nH]6)[C@H]5N4)cc3)c(O)c(O)c3c(O)cccc23)cc1O. The lowest BCUT2D eigenvalue weighted by molar-refractivity contribution is -0.217. The van der Waals surface area contributed by atoms with Gasteiger partial charge in [-0.05, 0) is 242 Å². The predicted molar refractivity (Wildman–Crippen MR) is 379 cm³/mol. The molecule has 13 nitrogen and oxygen atoms in total. The van der Waals surface area contributed by atoms with Gasteiger partial charge in [0.25, 0.3) is 0 Å². The maximum absolute atomic E-state index is 13.3. The van der Waals surface area contributed by atoms with Crippen molar-refractivity contribution < 1.29 is 35.4 Å². The highest BCUT2D eigenvalue weighted by molar-refractivity contribution is 6.03. The van der Waals surface area contributed by atoms with E-state index < -0.39 is 11.5 Å². The molecule has 97 heavy (non-hydrogen) atoms. The summed E-state index contributed by atoms with van der Waals surface area (Å²) in [4.78, 5) is 12.8. The van der Waals surface area contributed by atoms with Gasteiger partial charge in [0.05, 0.1) is 23.4 Å². The molecule has 18 rings (SSSR count). The van der Waals surface area contributed by atoms with Crippen LogP contribution in [0.5, 0.6) is 28.7 Å². The van der Waals surface area contributed by atoms with Gasteiger partial charge in [-0.1, -0.05) is 129 Å². The number of aromatic hydroxyl groups is 5. The van der Waals surface area contributed by atoms with E-state index in [1.807, 2.05) is 18.5 Å². The number of phenols is 5. The molecule has 2 bridgehead atoms. The molecule has 11 aliphatic rings. The Morgan fingerprint density at radius 3 is 2.40 bits per heavy atom. The monoisotopic (exact) mass is 1300 g/mol. The van der Waals surface area contributed by atoms with Gasteiger partial charge in [-0.15, -0.1) is 0 Å². The number of nitrogens with one attached hydrogen (secondary N) is 5. The highest BCUT2D eigenvalue weighted by Crippen LogP contribution is 2.79. The zero-order valence-corrected chi connectivity index (χ0v) is 56.1. The van der Waals surface area contributed by atoms with Crippen LogP contribution >= 0.6 is 0 Å². The van der Waals surface area contributed by atoms with Crippen molar-refractivity contribution in [3.63, 3.8) is 0 Å². The van der Waals surface area contributed by atoms with Crippen LogP contribution in [0, 0.1) is 51.8 Å². The Morgan fingerprint density at radius 2 is 1.56 bits per heavy atom. The van der Waals surface area contributed by atoms with E-state index in [-0.39, 0.29) is 92.0 Å². The minimum atomic E-state index is -0.571. The fourth-order valence-electron chi connectivity index (χ4n) is 24.8. The maximum Gasteiger partial charge on any atom is 0.169 e. The number of piperidine rings is 2. The van der Waals surface area contributed by atoms with Crippen LogP contribution in [0.3, 0.4) is 0 Å². The van der Waals surface area contributed by atoms with E-state index in [4.69, 9.17) is 15.0 Å². The largest absolute Gasteiger partial charge is 0.507 e. The lowest BCUT2D eigenvalue weighted by Crippen LogP contribution is -2.78. The molecule has 0 radical (unpaired) electrons. The van der Waals surface area contributed by atoms with Crippen molar-refractivity contribution in [1.29, 1.82) is 0 Å². The number of phenolic OH excluding ortho intramolecular Hbond substituents is 5. The predicted octanol–water partition coefficient (Wildman–Crippen LogP) is 14.8. The van der Waals surface area contributed by atoms with Gasteiger partial charge >= 0.3 is 0 Å². The van der Waals surface area contributed by atoms with Crippen LogP contribution in [0.15, 0.2) is 134 Å². The van der Waals surface area contributed by atoms with Gasteiger partial charge in [-0.3, -0.25) is 0 Å². The summed E-state index contributed by atoms with van der Waals surface area (Å²) in [6.45, 7) is 2.68. The van der Waals surface area contributed by atoms with Crippen LogP contribution in [-0.2, 0) is 42.3 Å². The van der Waals surface area contributed by atoms with E-state index in [9.17, 15) is 30.6 Å². The molecular weight excluding hydrogens is 1200 g/mol. The smallest absolute Gasteiger partial charge is 0.169 e. The number of fused-ring (bicyclic) bond motifs is 10. The first kappa shape index (κ1) is 62.1. The van der Waals surface area contributed by atoms with Crippen LogP contribution in [0.1, 0.15) is 183 Å². The first-order valence-electron chi connectivity index (χ1n) is 37.5. The molecule has 16 atom stereocenters. The van der Waals surface area contributed by atoms with Crippen molar-refractivity contribution in [1.82, 2.24) is 30.9 Å². The molecule has 4 aliphatic heterocycles. The third-order valence-corrected chi connectivity index (χ3v) is 28.7. The summed E-state index contributed by atoms with van der Waals surface area (Å²) in [5.41, 5.74) is 12.5. The second-order valence-corrected chi connectivity index (χ2v) is 32.5. The van der Waals surface area contributed by atoms with Crippen LogP contribution in [0.2, 0.25) is 0 Å². The summed E-state index contributed by atoms with van der Waals surface area (Å²) in [5.74, 6) is 1.71. The summed E-state index contributed by atoms with van der Waals surface area (Å²) in [6.07, 6.45) is 42.6. The molecule has 0 unspecified atom stereocenters. The molecule has 2 aromatic heterocycles. The molecule has 6 heterocycles. The van der Waals surface area contributed by atoms with Gasteiger partial charge in [0.2, 0.25) is 0 Å². The van der Waals surface area contributed by atoms with Crippen molar-refractivity contribution in [3.05, 3.63) is 189 Å². The minimum absolute atomic E-state index is 0.00104. The Bertz CT molecular complexity index is 4210. The van der Waals surface area contributed by atoms with E-state index in [0.717, 1.165) is 70.2 Å². The number of aromatic amines is 2. The van der Waals surface area contributed by atoms with E-state index in [0.29, 0.717) is 64.5 Å². The number of nitrogens with zero attached hydrogens (tertiary/aromatic N) is 1. The Hall–Kier alpha value is -7.13. The van der Waals surface area contributed by atoms with Gasteiger partial charge in [-0.2, -0.15) is 0 Å². The highest BCUT2D eigenvalue weighted by atomic mass is 16.5. The Labute approximate surface area is 570 Å². The molecule has 4 spiro atoms. The Kier molecular flexibility index (Phi) is 15.4. The number of rotatable bonds is 13. The van der Waals surface area contributed by atoms with Crippen molar-refractivity contribution in [3.8, 4) is 28.7 Å². The summed E-state index contributed by atoms with van der Waals surface area (Å²) in [7, 11) is 0. The highest BCUT2D eigenvalue weighted by Gasteiger charge is 2.78. The van der Waals surface area contributed by atoms with Gasteiger partial charge < -0.3 is 61.3 Å². The van der Waals surface area contributed by atoms with Gasteiger partial charge in [0.15, 0.2) is 23.0 Å². The van der Waals surface area contributed by atoms with E-state index >= 15 is 0 Å². The third-order valence-electron chi connectivity index (χ3n) is 28.7. The molecule has 0 amide bonds. The van der Waals surface area contributed by atoms with Crippen molar-refractivity contribution in [2.45, 2.75) is 195 Å². The van der Waals surface area contributed by atoms with E-state index in [2.05, 4.69) is 106 Å². The number of hydrogen-bond acceptors (Lipinski definition) is 11. The molecule has 7 aromatic rings. The Balaban J connectivity index is 0.697. The number of imidazole rings is 1. The number of aromatic nitrogens is 3. The van der Waals surface area contributed by atoms with Gasteiger partial charge in [0.1, 0.15) is 5.75 Å². The average molecular weight is 1300 g/mol. The van der Waals surface area contributed by atoms with E-state index in [1.54, 1.807) is 23.8 Å². The fraction of sp³-hybridized carbons (Fsp3) is 0.512. The Morgan fingerprint density at radius 1 is 0.701 bits per heavy atom. The molecule has 506 valence electrons. The average Bonchev–Trinajstić information content (AvgIpc) is 0.715. The van der Waals surface area contributed by atoms with Crippen LogP contribution in [-0.4, -0.2) is 95.1 Å². The molecule has 8 fully saturated rings. The lowest BCUT2D eigenvalue weighted by Gasteiger charge is -2.75. The van der Waals surface area contributed by atoms with Crippen LogP contribution in [0.4, 0.5) is 0 Å². The number of ether oxygens (including phenoxy) is 1. The molecule has 11 N–H and O–H groups in total. The lowest BCUT2D eigenvalue weighted by atomic mass is 9.31. The summed E-state index contributed by atoms with van der Waals surface area (Å²) >= 11 is 0. The summed E-state index contributed by atoms with van der Waals surface area (Å²) in [6, 6.07) is 30.9. The summed E-state index contributed by atoms with van der Waals surface area (Å²) < 4.78 is 6.73. The molecule has 5 saturated carbocycles. The second-order valence-electron chi connectivity index (χ2n) is 32.5. The first-order valence-corrected chi connectivity index (χ1v) is 37.5. The van der Waals surface area contributed by atoms with Crippen molar-refractivity contribution >= 4 is 22.9 Å². The quantitative estimate of drug-likeness (QED) is 0.0226. The number of allylic oxidation sites excluding steroid dienone is 1. The second kappa shape index (κ2) is 24.1. The molecule has 5 aromatic carbocycles. The van der Waals surface area contributed by atoms with Gasteiger partial charge in [0, 0.05) is 83.9 Å². The van der Waals surface area contributed by atoms with E-state index in [1.165, 1.54) is 142 Å². The number of aryl methyl sites for hydroxylation is 1. The normalized spacial score (nSPS) is 35.2. The van der Waals surface area contributed by atoms with Crippen molar-refractivity contribution in [2.24, 2.45) is 51.8 Å². The molecular formula is C84H98N6O7. The standard InChI is InChI=1S/C84H98N6O7/c91-70-27-19-51(39-73(70)94)18-23-60-61-13-6-14-71(92)75(61)77(96)76(95)62(60)24-17-50-15-20-53(21-16-50)67-43-80(65-42-58-12-8-32-82(58)36-35-81-31-7-11-57(81)22-28-72(93)78(81)84(82,79(65)90-67)74-48-86-49-88-74)44-68-56(40-63(69(45-80)89-68)52-9-2-1-3-10-52)46-85-37-29-55-47-87-66-41-54-30-38-97-83(33-4-5-34-83)64(54)26-25-59(55)66/h1-3,6,9-10,13-16,18-23,27-28,39-40,47-49,54,57-58,63-65,67-69,72,78-79,85,87,89-96H,4-5,7-8,11-12,17,24-26,29-38,41-46H2,(H,86,88)/b23-18+/t54-,57+,58+,63+,64+,65-,67-,68-,69+,72+,78-,79-,80-,81-,82+,84-/m0/s1. The van der Waals surface area contributed by atoms with Gasteiger partial charge in [-0.25, -0.2) is 4.98 Å². The van der Waals surface area contributed by atoms with Crippen LogP contribution < -0.4 is 16.0 Å². The first-order chi connectivity index (χ1) is 47.4. The number of H-pyrrole nitrogens is 2. The zero-order valence-electron chi connectivity index (χ0n) is 56.1. The molecule has 3 saturated heterocycles.